The van der Waals surface area contributed by atoms with Gasteiger partial charge in [-0.05, 0) is 43.9 Å². The summed E-state index contributed by atoms with van der Waals surface area (Å²) in [4.78, 5) is 25.8. The zero-order chi connectivity index (χ0) is 18.7. The standard InChI is InChI=1S/C18H25N3O4S/c19-17(22)14-7-11-20(12-8-14)18(23)15-5-4-6-16(13-15)26(24,25)21-9-2-1-3-10-21/h4-6,13-14H,1-3,7-12H2,(H2,19,22). The topological polar surface area (TPSA) is 101 Å². The molecule has 142 valence electrons. The smallest absolute Gasteiger partial charge is 0.253 e. The molecule has 7 nitrogen and oxygen atoms in total. The minimum absolute atomic E-state index is 0.164. The van der Waals surface area contributed by atoms with Crippen molar-refractivity contribution in [3.63, 3.8) is 0 Å². The normalized spacial score (nSPS) is 20.1. The average molecular weight is 379 g/mol. The third-order valence-electron chi connectivity index (χ3n) is 5.22. The van der Waals surface area contributed by atoms with Crippen LogP contribution < -0.4 is 5.73 Å². The minimum Gasteiger partial charge on any atom is -0.369 e. The Hall–Kier alpha value is -1.93. The Morgan fingerprint density at radius 2 is 1.65 bits per heavy atom. The van der Waals surface area contributed by atoms with Crippen LogP contribution in [0, 0.1) is 5.92 Å². The zero-order valence-electron chi connectivity index (χ0n) is 14.8. The molecular weight excluding hydrogens is 354 g/mol. The van der Waals surface area contributed by atoms with Crippen LogP contribution in [0.25, 0.3) is 0 Å². The SMILES string of the molecule is NC(=O)C1CCN(C(=O)c2cccc(S(=O)(=O)N3CCCCC3)c2)CC1. The molecule has 2 aliphatic rings. The Morgan fingerprint density at radius 1 is 1.00 bits per heavy atom. The Labute approximate surface area is 154 Å². The van der Waals surface area contributed by atoms with Gasteiger partial charge in [-0.15, -0.1) is 0 Å². The van der Waals surface area contributed by atoms with Crippen molar-refractivity contribution in [2.24, 2.45) is 11.7 Å². The van der Waals surface area contributed by atoms with E-state index in [1.165, 1.54) is 10.4 Å². The predicted molar refractivity (Wildman–Crippen MR) is 96.9 cm³/mol. The van der Waals surface area contributed by atoms with E-state index in [1.807, 2.05) is 0 Å². The zero-order valence-corrected chi connectivity index (χ0v) is 15.6. The van der Waals surface area contributed by atoms with E-state index in [0.717, 1.165) is 19.3 Å². The fraction of sp³-hybridized carbons (Fsp3) is 0.556. The van der Waals surface area contributed by atoms with Gasteiger partial charge in [0.15, 0.2) is 0 Å². The summed E-state index contributed by atoms with van der Waals surface area (Å²) < 4.78 is 27.1. The fourth-order valence-electron chi connectivity index (χ4n) is 3.59. The summed E-state index contributed by atoms with van der Waals surface area (Å²) in [6, 6.07) is 6.25. The number of carbonyl (C=O) groups is 2. The monoisotopic (exact) mass is 379 g/mol. The third kappa shape index (κ3) is 3.91. The maximum Gasteiger partial charge on any atom is 0.253 e. The number of amides is 2. The number of benzene rings is 1. The molecule has 0 aliphatic carbocycles. The number of likely N-dealkylation sites (tertiary alicyclic amines) is 1. The van der Waals surface area contributed by atoms with Crippen LogP contribution in [0.2, 0.25) is 0 Å². The van der Waals surface area contributed by atoms with Gasteiger partial charge in [0.1, 0.15) is 0 Å². The molecule has 1 aromatic rings. The lowest BCUT2D eigenvalue weighted by molar-refractivity contribution is -0.123. The summed E-state index contributed by atoms with van der Waals surface area (Å²) in [6.45, 7) is 1.97. The Kier molecular flexibility index (Phi) is 5.62. The van der Waals surface area contributed by atoms with Crippen LogP contribution in [0.5, 0.6) is 0 Å². The second-order valence-corrected chi connectivity index (χ2v) is 8.90. The highest BCUT2D eigenvalue weighted by Crippen LogP contribution is 2.23. The molecule has 2 N–H and O–H groups in total. The largest absolute Gasteiger partial charge is 0.369 e. The predicted octanol–water partition coefficient (Wildman–Crippen LogP) is 1.20. The average Bonchev–Trinajstić information content (AvgIpc) is 2.68. The number of piperidine rings is 2. The van der Waals surface area contributed by atoms with Crippen LogP contribution in [0.4, 0.5) is 0 Å². The van der Waals surface area contributed by atoms with Gasteiger partial charge in [0.25, 0.3) is 5.91 Å². The van der Waals surface area contributed by atoms with E-state index in [1.54, 1.807) is 23.1 Å². The van der Waals surface area contributed by atoms with Gasteiger partial charge in [-0.1, -0.05) is 12.5 Å². The summed E-state index contributed by atoms with van der Waals surface area (Å²) in [5.74, 6) is -0.722. The van der Waals surface area contributed by atoms with E-state index in [9.17, 15) is 18.0 Å². The van der Waals surface area contributed by atoms with Gasteiger partial charge in [0.2, 0.25) is 15.9 Å². The van der Waals surface area contributed by atoms with Crippen molar-refractivity contribution in [1.29, 1.82) is 0 Å². The first-order chi connectivity index (χ1) is 12.4. The van der Waals surface area contributed by atoms with Crippen molar-refractivity contribution in [3.8, 4) is 0 Å². The lowest BCUT2D eigenvalue weighted by Crippen LogP contribution is -2.41. The van der Waals surface area contributed by atoms with Crippen LogP contribution in [0.3, 0.4) is 0 Å². The van der Waals surface area contributed by atoms with E-state index in [4.69, 9.17) is 5.73 Å². The molecule has 3 rings (SSSR count). The molecule has 1 aromatic carbocycles. The molecule has 2 heterocycles. The number of hydrogen-bond acceptors (Lipinski definition) is 4. The molecule has 0 atom stereocenters. The first-order valence-corrected chi connectivity index (χ1v) is 10.5. The van der Waals surface area contributed by atoms with Gasteiger partial charge in [0.05, 0.1) is 4.90 Å². The second kappa shape index (κ2) is 7.75. The van der Waals surface area contributed by atoms with E-state index in [-0.39, 0.29) is 22.6 Å². The minimum atomic E-state index is -3.57. The molecular formula is C18H25N3O4S. The van der Waals surface area contributed by atoms with Gasteiger partial charge < -0.3 is 10.6 Å². The maximum atomic E-state index is 12.8. The molecule has 26 heavy (non-hydrogen) atoms. The van der Waals surface area contributed by atoms with E-state index in [0.29, 0.717) is 44.6 Å². The summed E-state index contributed by atoms with van der Waals surface area (Å²) in [7, 11) is -3.57. The van der Waals surface area contributed by atoms with Crippen LogP contribution in [0.1, 0.15) is 42.5 Å². The molecule has 0 saturated carbocycles. The summed E-state index contributed by atoms with van der Waals surface area (Å²) in [5, 5.41) is 0. The first kappa shape index (κ1) is 18.8. The molecule has 2 saturated heterocycles. The van der Waals surface area contributed by atoms with Crippen LogP contribution in [0.15, 0.2) is 29.2 Å². The number of rotatable bonds is 4. The fourth-order valence-corrected chi connectivity index (χ4v) is 5.16. The molecule has 0 spiro atoms. The molecule has 8 heteroatoms. The Balaban J connectivity index is 1.75. The molecule has 0 bridgehead atoms. The van der Waals surface area contributed by atoms with Crippen molar-refractivity contribution < 1.29 is 18.0 Å². The highest BCUT2D eigenvalue weighted by molar-refractivity contribution is 7.89. The van der Waals surface area contributed by atoms with Gasteiger partial charge in [0, 0.05) is 37.7 Å². The van der Waals surface area contributed by atoms with Crippen LogP contribution >= 0.6 is 0 Å². The van der Waals surface area contributed by atoms with Gasteiger partial charge in [-0.2, -0.15) is 4.31 Å². The van der Waals surface area contributed by atoms with Gasteiger partial charge >= 0.3 is 0 Å². The summed E-state index contributed by atoms with van der Waals surface area (Å²) >= 11 is 0. The molecule has 0 aromatic heterocycles. The highest BCUT2D eigenvalue weighted by Gasteiger charge is 2.29. The first-order valence-electron chi connectivity index (χ1n) is 9.08. The van der Waals surface area contributed by atoms with E-state index in [2.05, 4.69) is 0 Å². The lowest BCUT2D eigenvalue weighted by atomic mass is 9.96. The molecule has 2 fully saturated rings. The van der Waals surface area contributed by atoms with Crippen molar-refractivity contribution >= 4 is 21.8 Å². The van der Waals surface area contributed by atoms with Gasteiger partial charge in [-0.25, -0.2) is 8.42 Å². The molecule has 2 amide bonds. The third-order valence-corrected chi connectivity index (χ3v) is 7.11. The van der Waals surface area contributed by atoms with Gasteiger partial charge in [-0.3, -0.25) is 9.59 Å². The molecule has 2 aliphatic heterocycles. The summed E-state index contributed by atoms with van der Waals surface area (Å²) in [5.41, 5.74) is 5.69. The van der Waals surface area contributed by atoms with E-state index >= 15 is 0 Å². The lowest BCUT2D eigenvalue weighted by Gasteiger charge is -2.31. The van der Waals surface area contributed by atoms with Crippen LogP contribution in [-0.2, 0) is 14.8 Å². The molecule has 0 radical (unpaired) electrons. The number of sulfonamides is 1. The number of hydrogen-bond donors (Lipinski definition) is 1. The number of nitrogens with zero attached hydrogens (tertiary/aromatic N) is 2. The number of primary amides is 1. The highest BCUT2D eigenvalue weighted by atomic mass is 32.2. The van der Waals surface area contributed by atoms with Crippen LogP contribution in [-0.4, -0.2) is 55.6 Å². The van der Waals surface area contributed by atoms with E-state index < -0.39 is 10.0 Å². The van der Waals surface area contributed by atoms with Crippen molar-refractivity contribution in [2.45, 2.75) is 37.0 Å². The van der Waals surface area contributed by atoms with Crippen molar-refractivity contribution in [3.05, 3.63) is 29.8 Å². The number of nitrogens with two attached hydrogens (primary N) is 1. The molecule has 0 unspecified atom stereocenters. The maximum absolute atomic E-state index is 12.8. The Bertz CT molecular complexity index is 779. The van der Waals surface area contributed by atoms with Crippen molar-refractivity contribution in [2.75, 3.05) is 26.2 Å². The van der Waals surface area contributed by atoms with Crippen molar-refractivity contribution in [1.82, 2.24) is 9.21 Å². The quantitative estimate of drug-likeness (QED) is 0.849. The second-order valence-electron chi connectivity index (χ2n) is 6.96. The summed E-state index contributed by atoms with van der Waals surface area (Å²) in [6.07, 6.45) is 3.88. The Morgan fingerprint density at radius 3 is 2.27 bits per heavy atom. The number of carbonyl (C=O) groups excluding carboxylic acids is 2.